The van der Waals surface area contributed by atoms with Crippen LogP contribution in [0.1, 0.15) is 25.0 Å². The Morgan fingerprint density at radius 2 is 2.12 bits per heavy atom. The molecule has 0 saturated heterocycles. The highest BCUT2D eigenvalue weighted by Crippen LogP contribution is 2.17. The lowest BCUT2D eigenvalue weighted by atomic mass is 10.0. The van der Waals surface area contributed by atoms with Gasteiger partial charge in [-0.2, -0.15) is 5.26 Å². The molecule has 0 aliphatic heterocycles. The summed E-state index contributed by atoms with van der Waals surface area (Å²) < 4.78 is 13.6. The molecule has 0 aliphatic carbocycles. The van der Waals surface area contributed by atoms with E-state index in [1.165, 1.54) is 6.07 Å². The molecule has 0 aliphatic rings. The molecule has 0 aromatic heterocycles. The average molecular weight is 236 g/mol. The van der Waals surface area contributed by atoms with Gasteiger partial charge in [-0.1, -0.05) is 6.07 Å². The van der Waals surface area contributed by atoms with Gasteiger partial charge in [0, 0.05) is 17.6 Å². The van der Waals surface area contributed by atoms with Gasteiger partial charge in [-0.05, 0) is 33.0 Å². The van der Waals surface area contributed by atoms with Crippen LogP contribution in [0, 0.1) is 17.1 Å². The predicted molar refractivity (Wildman–Crippen MR) is 63.7 cm³/mol. The number of nitriles is 1. The van der Waals surface area contributed by atoms with Gasteiger partial charge in [0.15, 0.2) is 0 Å². The third kappa shape index (κ3) is 3.26. The van der Waals surface area contributed by atoms with Crippen molar-refractivity contribution in [3.63, 3.8) is 0 Å². The van der Waals surface area contributed by atoms with E-state index in [2.05, 4.69) is 0 Å². The van der Waals surface area contributed by atoms with Crippen molar-refractivity contribution < 1.29 is 9.50 Å². The Bertz CT molecular complexity index is 438. The van der Waals surface area contributed by atoms with Gasteiger partial charge in [-0.25, -0.2) is 4.39 Å². The van der Waals surface area contributed by atoms with Gasteiger partial charge < -0.3 is 5.11 Å². The molecule has 0 spiro atoms. The van der Waals surface area contributed by atoms with Crippen molar-refractivity contribution in [2.75, 3.05) is 13.7 Å². The second-order valence-corrected chi connectivity index (χ2v) is 4.74. The summed E-state index contributed by atoms with van der Waals surface area (Å²) >= 11 is 0. The summed E-state index contributed by atoms with van der Waals surface area (Å²) in [6, 6.07) is 6.33. The van der Waals surface area contributed by atoms with Crippen LogP contribution in [0.3, 0.4) is 0 Å². The van der Waals surface area contributed by atoms with Crippen LogP contribution < -0.4 is 0 Å². The Kier molecular flexibility index (Phi) is 4.22. The molecule has 1 rings (SSSR count). The standard InChI is InChI=1S/C13H17FN2O/c1-13(2,9-17)16(3)8-11-5-4-10(7-15)6-12(11)14/h4-6,17H,8-9H2,1-3H3. The maximum atomic E-state index is 13.6. The number of aliphatic hydroxyl groups excluding tert-OH is 1. The number of hydrogen-bond acceptors (Lipinski definition) is 3. The first-order valence-electron chi connectivity index (χ1n) is 5.41. The van der Waals surface area contributed by atoms with Gasteiger partial charge in [0.2, 0.25) is 0 Å². The smallest absolute Gasteiger partial charge is 0.129 e. The van der Waals surface area contributed by atoms with Gasteiger partial charge in [-0.15, -0.1) is 0 Å². The highest BCUT2D eigenvalue weighted by atomic mass is 19.1. The van der Waals surface area contributed by atoms with Crippen molar-refractivity contribution in [3.05, 3.63) is 35.1 Å². The summed E-state index contributed by atoms with van der Waals surface area (Å²) in [5.74, 6) is -0.385. The number of hydrogen-bond donors (Lipinski definition) is 1. The monoisotopic (exact) mass is 236 g/mol. The van der Waals surface area contributed by atoms with Gasteiger partial charge in [0.25, 0.3) is 0 Å². The highest BCUT2D eigenvalue weighted by molar-refractivity contribution is 5.32. The predicted octanol–water partition coefficient (Wildman–Crippen LogP) is 1.90. The van der Waals surface area contributed by atoms with E-state index in [1.54, 1.807) is 12.1 Å². The molecule has 1 aromatic rings. The molecule has 0 bridgehead atoms. The van der Waals surface area contributed by atoms with Crippen molar-refractivity contribution in [1.82, 2.24) is 4.90 Å². The summed E-state index contributed by atoms with van der Waals surface area (Å²) in [7, 11) is 1.83. The molecule has 0 saturated carbocycles. The van der Waals surface area contributed by atoms with E-state index in [0.717, 1.165) is 0 Å². The number of rotatable bonds is 4. The third-order valence-corrected chi connectivity index (χ3v) is 3.01. The number of benzene rings is 1. The normalized spacial score (nSPS) is 11.6. The maximum absolute atomic E-state index is 13.6. The van der Waals surface area contributed by atoms with E-state index in [0.29, 0.717) is 17.7 Å². The molecule has 0 radical (unpaired) electrons. The Morgan fingerprint density at radius 1 is 1.47 bits per heavy atom. The van der Waals surface area contributed by atoms with Crippen LogP contribution in [0.5, 0.6) is 0 Å². The Hall–Kier alpha value is -1.44. The molecular formula is C13H17FN2O. The van der Waals surface area contributed by atoms with Crippen LogP contribution in [-0.4, -0.2) is 29.2 Å². The van der Waals surface area contributed by atoms with Crippen LogP contribution in [0.4, 0.5) is 4.39 Å². The minimum Gasteiger partial charge on any atom is -0.394 e. The van der Waals surface area contributed by atoms with Gasteiger partial charge >= 0.3 is 0 Å². The molecular weight excluding hydrogens is 219 g/mol. The van der Waals surface area contributed by atoms with E-state index < -0.39 is 5.54 Å². The van der Waals surface area contributed by atoms with Crippen molar-refractivity contribution in [2.24, 2.45) is 0 Å². The quantitative estimate of drug-likeness (QED) is 0.868. The molecule has 0 heterocycles. The summed E-state index contributed by atoms with van der Waals surface area (Å²) in [5, 5.41) is 17.9. The van der Waals surface area contributed by atoms with Gasteiger partial charge in [0.1, 0.15) is 5.82 Å². The first-order chi connectivity index (χ1) is 7.90. The first kappa shape index (κ1) is 13.6. The van der Waals surface area contributed by atoms with Crippen molar-refractivity contribution >= 4 is 0 Å². The van der Waals surface area contributed by atoms with E-state index in [-0.39, 0.29) is 12.4 Å². The number of nitrogens with zero attached hydrogens (tertiary/aromatic N) is 2. The Balaban J connectivity index is 2.86. The largest absolute Gasteiger partial charge is 0.394 e. The van der Waals surface area contributed by atoms with Gasteiger partial charge in [-0.3, -0.25) is 4.90 Å². The van der Waals surface area contributed by atoms with Crippen LogP contribution >= 0.6 is 0 Å². The summed E-state index contributed by atoms with van der Waals surface area (Å²) in [5.41, 5.74) is 0.434. The lowest BCUT2D eigenvalue weighted by Crippen LogP contribution is -2.43. The van der Waals surface area contributed by atoms with E-state index in [1.807, 2.05) is 31.9 Å². The molecule has 0 fully saturated rings. The molecule has 3 nitrogen and oxygen atoms in total. The van der Waals surface area contributed by atoms with Crippen molar-refractivity contribution in [2.45, 2.75) is 25.9 Å². The van der Waals surface area contributed by atoms with E-state index in [4.69, 9.17) is 5.26 Å². The van der Waals surface area contributed by atoms with Crippen molar-refractivity contribution in [1.29, 1.82) is 5.26 Å². The second kappa shape index (κ2) is 5.26. The lowest BCUT2D eigenvalue weighted by molar-refractivity contribution is 0.0726. The summed E-state index contributed by atoms with van der Waals surface area (Å²) in [4.78, 5) is 1.87. The minimum absolute atomic E-state index is 0.00139. The zero-order valence-electron chi connectivity index (χ0n) is 10.4. The van der Waals surface area contributed by atoms with Gasteiger partial charge in [0.05, 0.1) is 18.2 Å². The molecule has 0 unspecified atom stereocenters. The van der Waals surface area contributed by atoms with Crippen LogP contribution in [0.25, 0.3) is 0 Å². The maximum Gasteiger partial charge on any atom is 0.129 e. The third-order valence-electron chi connectivity index (χ3n) is 3.01. The number of aliphatic hydroxyl groups is 1. The topological polar surface area (TPSA) is 47.3 Å². The molecule has 0 atom stereocenters. The summed E-state index contributed by atoms with van der Waals surface area (Å²) in [6.07, 6.45) is 0. The number of likely N-dealkylation sites (N-methyl/N-ethyl adjacent to an activating group) is 1. The highest BCUT2D eigenvalue weighted by Gasteiger charge is 2.23. The van der Waals surface area contributed by atoms with Crippen LogP contribution in [0.2, 0.25) is 0 Å². The van der Waals surface area contributed by atoms with Crippen LogP contribution in [0.15, 0.2) is 18.2 Å². The Labute approximate surface area is 101 Å². The SMILES string of the molecule is CN(Cc1ccc(C#N)cc1F)C(C)(C)CO. The fourth-order valence-corrected chi connectivity index (χ4v) is 1.34. The molecule has 0 amide bonds. The Morgan fingerprint density at radius 3 is 2.59 bits per heavy atom. The van der Waals surface area contributed by atoms with Crippen molar-refractivity contribution in [3.8, 4) is 6.07 Å². The van der Waals surface area contributed by atoms with E-state index >= 15 is 0 Å². The molecule has 1 aromatic carbocycles. The second-order valence-electron chi connectivity index (χ2n) is 4.74. The van der Waals surface area contributed by atoms with E-state index in [9.17, 15) is 9.50 Å². The first-order valence-corrected chi connectivity index (χ1v) is 5.41. The molecule has 1 N–H and O–H groups in total. The zero-order valence-corrected chi connectivity index (χ0v) is 10.4. The molecule has 4 heteroatoms. The molecule has 17 heavy (non-hydrogen) atoms. The lowest BCUT2D eigenvalue weighted by Gasteiger charge is -2.33. The summed E-state index contributed by atoms with van der Waals surface area (Å²) in [6.45, 7) is 4.16. The fourth-order valence-electron chi connectivity index (χ4n) is 1.34. The molecule has 92 valence electrons. The average Bonchev–Trinajstić information content (AvgIpc) is 2.31. The van der Waals surface area contributed by atoms with Crippen LogP contribution in [-0.2, 0) is 6.54 Å². The fraction of sp³-hybridized carbons (Fsp3) is 0.462. The number of halogens is 1. The minimum atomic E-state index is -0.402. The zero-order chi connectivity index (χ0) is 13.1.